The van der Waals surface area contributed by atoms with Gasteiger partial charge in [0.1, 0.15) is 5.56 Å². The number of carbonyl (C=O) groups is 1. The van der Waals surface area contributed by atoms with Crippen molar-refractivity contribution in [3.63, 3.8) is 0 Å². The van der Waals surface area contributed by atoms with Crippen LogP contribution in [0.3, 0.4) is 0 Å². The van der Waals surface area contributed by atoms with E-state index in [1.807, 2.05) is 17.3 Å². The van der Waals surface area contributed by atoms with Crippen molar-refractivity contribution < 1.29 is 4.79 Å². The van der Waals surface area contributed by atoms with Gasteiger partial charge in [-0.15, -0.1) is 0 Å². The number of nitrogens with zero attached hydrogens (tertiary/aromatic N) is 5. The lowest BCUT2D eigenvalue weighted by Crippen LogP contribution is -2.52. The van der Waals surface area contributed by atoms with Crippen molar-refractivity contribution in [2.24, 2.45) is 0 Å². The normalized spacial score (nSPS) is 18.2. The van der Waals surface area contributed by atoms with Gasteiger partial charge in [0.25, 0.3) is 5.91 Å². The smallest absolute Gasteiger partial charge is 0.259 e. The van der Waals surface area contributed by atoms with Crippen LogP contribution < -0.4 is 5.32 Å². The zero-order valence-corrected chi connectivity index (χ0v) is 15.4. The predicted octanol–water partition coefficient (Wildman–Crippen LogP) is 1.40. The summed E-state index contributed by atoms with van der Waals surface area (Å²) < 4.78 is 1.73. The third-order valence-electron chi connectivity index (χ3n) is 4.98. The topological polar surface area (TPSA) is 65.8 Å². The van der Waals surface area contributed by atoms with Crippen molar-refractivity contribution in [3.8, 4) is 0 Å². The molecule has 1 atom stereocenters. The summed E-state index contributed by atoms with van der Waals surface area (Å²) in [7, 11) is 0. The average molecular weight is 344 g/mol. The highest BCUT2D eigenvalue weighted by atomic mass is 16.2. The van der Waals surface area contributed by atoms with Crippen molar-refractivity contribution in [3.05, 3.63) is 29.7 Å². The van der Waals surface area contributed by atoms with Gasteiger partial charge in [-0.25, -0.2) is 9.50 Å². The molecule has 0 saturated carbocycles. The second-order valence-electron chi connectivity index (χ2n) is 6.56. The molecule has 0 spiro atoms. The Balaban J connectivity index is 1.79. The van der Waals surface area contributed by atoms with Gasteiger partial charge in [-0.05, 0) is 19.5 Å². The van der Waals surface area contributed by atoms with Crippen molar-refractivity contribution >= 4 is 11.6 Å². The number of fused-ring (bicyclic) bond motifs is 1. The highest BCUT2D eigenvalue weighted by molar-refractivity contribution is 5.99. The van der Waals surface area contributed by atoms with E-state index in [-0.39, 0.29) is 5.91 Å². The summed E-state index contributed by atoms with van der Waals surface area (Å²) in [5.41, 5.74) is 2.33. The van der Waals surface area contributed by atoms with Gasteiger partial charge in [0.15, 0.2) is 5.65 Å². The molecule has 1 fully saturated rings. The van der Waals surface area contributed by atoms with Gasteiger partial charge < -0.3 is 10.2 Å². The van der Waals surface area contributed by atoms with Crippen LogP contribution in [0.1, 0.15) is 43.1 Å². The maximum atomic E-state index is 12.9. The maximum Gasteiger partial charge on any atom is 0.259 e. The fourth-order valence-corrected chi connectivity index (χ4v) is 3.31. The minimum absolute atomic E-state index is 0.0268. The lowest BCUT2D eigenvalue weighted by Gasteiger charge is -2.33. The Bertz CT molecular complexity index is 723. The molecule has 2 aromatic heterocycles. The largest absolute Gasteiger partial charge is 0.336 e. The quantitative estimate of drug-likeness (QED) is 0.858. The van der Waals surface area contributed by atoms with Gasteiger partial charge in [-0.2, -0.15) is 5.10 Å². The summed E-state index contributed by atoms with van der Waals surface area (Å²) in [6.45, 7) is 11.6. The van der Waals surface area contributed by atoms with E-state index < -0.39 is 0 Å². The van der Waals surface area contributed by atoms with Gasteiger partial charge in [0.2, 0.25) is 0 Å². The fourth-order valence-electron chi connectivity index (χ4n) is 3.31. The number of aromatic nitrogens is 3. The molecule has 0 aromatic carbocycles. The summed E-state index contributed by atoms with van der Waals surface area (Å²) in [5.74, 6) is 0.0268. The Kier molecular flexibility index (Phi) is 5.65. The van der Waals surface area contributed by atoms with Crippen LogP contribution in [0.4, 0.5) is 0 Å². The standard InChI is InChI=1S/C18H28N6O/c1-4-15-13-23(8-7-19-15)18(25)16-10-21-24-12-14(9-20-17(16)24)11-22(5-2)6-3/h9-10,12,15,19H,4-8,11,13H2,1-3H3. The Hall–Kier alpha value is -1.99. The lowest BCUT2D eigenvalue weighted by atomic mass is 10.1. The van der Waals surface area contributed by atoms with Gasteiger partial charge >= 0.3 is 0 Å². The fraction of sp³-hybridized carbons (Fsp3) is 0.611. The van der Waals surface area contributed by atoms with E-state index in [1.165, 1.54) is 0 Å². The first kappa shape index (κ1) is 17.8. The number of nitrogens with one attached hydrogen (secondary N) is 1. The number of rotatable bonds is 6. The number of amides is 1. The highest BCUT2D eigenvalue weighted by Crippen LogP contribution is 2.14. The van der Waals surface area contributed by atoms with Gasteiger partial charge in [-0.3, -0.25) is 9.69 Å². The minimum atomic E-state index is 0.0268. The molecule has 7 heteroatoms. The highest BCUT2D eigenvalue weighted by Gasteiger charge is 2.25. The van der Waals surface area contributed by atoms with E-state index in [1.54, 1.807) is 10.7 Å². The van der Waals surface area contributed by atoms with Crippen molar-refractivity contribution in [2.75, 3.05) is 32.7 Å². The zero-order valence-electron chi connectivity index (χ0n) is 15.4. The molecular formula is C18H28N6O. The molecule has 3 heterocycles. The molecule has 0 bridgehead atoms. The molecule has 1 unspecified atom stereocenters. The van der Waals surface area contributed by atoms with E-state index in [4.69, 9.17) is 0 Å². The third-order valence-corrected chi connectivity index (χ3v) is 4.98. The molecular weight excluding hydrogens is 316 g/mol. The van der Waals surface area contributed by atoms with Crippen LogP contribution in [0.15, 0.2) is 18.6 Å². The van der Waals surface area contributed by atoms with E-state index in [0.717, 1.165) is 51.3 Å². The molecule has 136 valence electrons. The molecule has 1 N–H and O–H groups in total. The number of carbonyl (C=O) groups excluding carboxylic acids is 1. The zero-order chi connectivity index (χ0) is 17.8. The molecule has 2 aromatic rings. The van der Waals surface area contributed by atoms with Crippen LogP contribution in [0.5, 0.6) is 0 Å². The van der Waals surface area contributed by atoms with E-state index in [0.29, 0.717) is 17.3 Å². The summed E-state index contributed by atoms with van der Waals surface area (Å²) in [5, 5.41) is 7.80. The predicted molar refractivity (Wildman–Crippen MR) is 97.6 cm³/mol. The Morgan fingerprint density at radius 2 is 2.12 bits per heavy atom. The van der Waals surface area contributed by atoms with E-state index in [9.17, 15) is 4.79 Å². The molecule has 7 nitrogen and oxygen atoms in total. The SMILES string of the molecule is CCC1CN(C(=O)c2cnn3cc(CN(CC)CC)cnc23)CCN1. The Morgan fingerprint density at radius 1 is 1.32 bits per heavy atom. The van der Waals surface area contributed by atoms with Crippen LogP contribution in [0.25, 0.3) is 5.65 Å². The number of hydrogen-bond acceptors (Lipinski definition) is 5. The Morgan fingerprint density at radius 3 is 2.84 bits per heavy atom. The lowest BCUT2D eigenvalue weighted by molar-refractivity contribution is 0.0703. The first-order chi connectivity index (χ1) is 12.2. The van der Waals surface area contributed by atoms with Crippen molar-refractivity contribution in [1.82, 2.24) is 29.7 Å². The van der Waals surface area contributed by atoms with Gasteiger partial charge in [-0.1, -0.05) is 20.8 Å². The van der Waals surface area contributed by atoms with Crippen molar-refractivity contribution in [2.45, 2.75) is 39.8 Å². The summed E-state index contributed by atoms with van der Waals surface area (Å²) in [6.07, 6.45) is 6.50. The van der Waals surface area contributed by atoms with Crippen LogP contribution in [0, 0.1) is 0 Å². The van der Waals surface area contributed by atoms with Gasteiger partial charge in [0.05, 0.1) is 6.20 Å². The molecule has 0 radical (unpaired) electrons. The molecule has 1 aliphatic rings. The van der Waals surface area contributed by atoms with E-state index in [2.05, 4.69) is 41.1 Å². The summed E-state index contributed by atoms with van der Waals surface area (Å²) in [4.78, 5) is 21.7. The molecule has 1 amide bonds. The van der Waals surface area contributed by atoms with Gasteiger partial charge in [0, 0.05) is 50.2 Å². The minimum Gasteiger partial charge on any atom is -0.336 e. The monoisotopic (exact) mass is 344 g/mol. The second kappa shape index (κ2) is 7.93. The Labute approximate surface area is 149 Å². The number of piperazine rings is 1. The molecule has 1 aliphatic heterocycles. The molecule has 0 aliphatic carbocycles. The first-order valence-electron chi connectivity index (χ1n) is 9.23. The molecule has 3 rings (SSSR count). The van der Waals surface area contributed by atoms with Crippen LogP contribution in [-0.2, 0) is 6.54 Å². The van der Waals surface area contributed by atoms with E-state index >= 15 is 0 Å². The van der Waals surface area contributed by atoms with Crippen molar-refractivity contribution in [1.29, 1.82) is 0 Å². The summed E-state index contributed by atoms with van der Waals surface area (Å²) >= 11 is 0. The van der Waals surface area contributed by atoms with Crippen LogP contribution >= 0.6 is 0 Å². The maximum absolute atomic E-state index is 12.9. The molecule has 25 heavy (non-hydrogen) atoms. The summed E-state index contributed by atoms with van der Waals surface area (Å²) in [6, 6.07) is 0.369. The first-order valence-corrected chi connectivity index (χ1v) is 9.23. The van der Waals surface area contributed by atoms with Crippen LogP contribution in [-0.4, -0.2) is 69.1 Å². The number of hydrogen-bond donors (Lipinski definition) is 1. The second-order valence-corrected chi connectivity index (χ2v) is 6.56. The third kappa shape index (κ3) is 3.82. The molecule has 1 saturated heterocycles. The van der Waals surface area contributed by atoms with Crippen LogP contribution in [0.2, 0.25) is 0 Å². The average Bonchev–Trinajstić information content (AvgIpc) is 3.08.